The molecule has 0 aliphatic heterocycles. The lowest BCUT2D eigenvalue weighted by Crippen LogP contribution is -2.04. The molecule has 0 fully saturated rings. The fourth-order valence-electron chi connectivity index (χ4n) is 6.67. The maximum absolute atomic E-state index is 6.52. The van der Waals surface area contributed by atoms with Gasteiger partial charge in [-0.25, -0.2) is 15.0 Å². The molecule has 2 aromatic heterocycles. The van der Waals surface area contributed by atoms with Crippen LogP contribution in [0.3, 0.4) is 0 Å². The monoisotopic (exact) mass is 603 g/mol. The third-order valence-electron chi connectivity index (χ3n) is 9.09. The number of fused-ring (bicyclic) bond motifs is 4. The Kier molecular flexibility index (Phi) is 6.57. The predicted octanol–water partition coefficient (Wildman–Crippen LogP) is 10.8. The van der Waals surface area contributed by atoms with Gasteiger partial charge in [0.05, 0.1) is 0 Å². The van der Waals surface area contributed by atoms with Gasteiger partial charge in [0.2, 0.25) is 0 Å². The quantitative estimate of drug-likeness (QED) is 0.196. The molecule has 1 unspecified atom stereocenters. The summed E-state index contributed by atoms with van der Waals surface area (Å²) in [5.74, 6) is 3.15. The lowest BCUT2D eigenvalue weighted by atomic mass is 9.88. The van der Waals surface area contributed by atoms with E-state index in [0.29, 0.717) is 17.5 Å². The van der Waals surface area contributed by atoms with Crippen molar-refractivity contribution in [2.75, 3.05) is 0 Å². The lowest BCUT2D eigenvalue weighted by Gasteiger charge is -2.16. The van der Waals surface area contributed by atoms with Gasteiger partial charge in [-0.1, -0.05) is 146 Å². The van der Waals surface area contributed by atoms with Crippen molar-refractivity contribution in [3.63, 3.8) is 0 Å². The van der Waals surface area contributed by atoms with Crippen LogP contribution in [0.25, 0.3) is 73.1 Å². The van der Waals surface area contributed by atoms with Gasteiger partial charge >= 0.3 is 0 Å². The van der Waals surface area contributed by atoms with Crippen LogP contribution in [0.4, 0.5) is 0 Å². The van der Waals surface area contributed by atoms with Crippen LogP contribution in [-0.2, 0) is 6.42 Å². The van der Waals surface area contributed by atoms with E-state index in [0.717, 1.165) is 56.4 Å². The van der Waals surface area contributed by atoms with E-state index >= 15 is 0 Å². The van der Waals surface area contributed by atoms with E-state index in [2.05, 4.69) is 140 Å². The Morgan fingerprint density at radius 2 is 1.15 bits per heavy atom. The minimum Gasteiger partial charge on any atom is -0.460 e. The first-order valence-corrected chi connectivity index (χ1v) is 16.0. The third kappa shape index (κ3) is 5.01. The number of hydrogen-bond donors (Lipinski definition) is 0. The van der Waals surface area contributed by atoms with Crippen molar-refractivity contribution in [2.45, 2.75) is 12.3 Å². The van der Waals surface area contributed by atoms with E-state index in [-0.39, 0.29) is 5.92 Å². The average Bonchev–Trinajstić information content (AvgIpc) is 3.53. The maximum Gasteiger partial charge on any atom is 0.164 e. The molecule has 8 aromatic rings. The average molecular weight is 604 g/mol. The molecule has 0 spiro atoms. The van der Waals surface area contributed by atoms with E-state index in [1.165, 1.54) is 16.5 Å². The Morgan fingerprint density at radius 3 is 1.96 bits per heavy atom. The first-order chi connectivity index (χ1) is 23.3. The second-order valence-electron chi connectivity index (χ2n) is 12.0. The Hall–Kier alpha value is -6.13. The summed E-state index contributed by atoms with van der Waals surface area (Å²) < 4.78 is 6.52. The summed E-state index contributed by atoms with van der Waals surface area (Å²) in [6, 6.07) is 50.4. The van der Waals surface area contributed by atoms with Gasteiger partial charge in [-0.15, -0.1) is 0 Å². The number of allylic oxidation sites excluding steroid dienone is 1. The minimum atomic E-state index is 0.273. The van der Waals surface area contributed by atoms with E-state index in [1.54, 1.807) is 0 Å². The zero-order valence-electron chi connectivity index (χ0n) is 25.5. The normalized spacial score (nSPS) is 14.0. The number of furan rings is 1. The van der Waals surface area contributed by atoms with E-state index in [9.17, 15) is 0 Å². The van der Waals surface area contributed by atoms with Crippen molar-refractivity contribution in [1.82, 2.24) is 15.0 Å². The fourth-order valence-corrected chi connectivity index (χ4v) is 6.67. The van der Waals surface area contributed by atoms with Gasteiger partial charge in [-0.2, -0.15) is 0 Å². The summed E-state index contributed by atoms with van der Waals surface area (Å²) in [5, 5.41) is 3.36. The Bertz CT molecular complexity index is 2430. The standard InChI is InChI=1S/C43H29N3O/c1-3-10-28(11-4-1)31-18-21-32(22-19-31)41-44-42(35-23-20-30-14-7-8-15-33(30)26-35)46-43(45-41)37-16-9-17-38-40(37)36-25-24-34(27-39(36)47-38)29-12-5-2-6-13-29/h1-26,34H,27H2. The number of aromatic nitrogens is 3. The molecule has 47 heavy (non-hydrogen) atoms. The van der Waals surface area contributed by atoms with Crippen LogP contribution in [0.2, 0.25) is 0 Å². The second-order valence-corrected chi connectivity index (χ2v) is 12.0. The summed E-state index contributed by atoms with van der Waals surface area (Å²) in [6.45, 7) is 0. The van der Waals surface area contributed by atoms with Crippen molar-refractivity contribution in [1.29, 1.82) is 0 Å². The Morgan fingerprint density at radius 1 is 0.511 bits per heavy atom. The zero-order valence-corrected chi connectivity index (χ0v) is 25.5. The van der Waals surface area contributed by atoms with E-state index in [4.69, 9.17) is 19.4 Å². The fraction of sp³-hybridized carbons (Fsp3) is 0.0465. The molecule has 0 saturated carbocycles. The Labute approximate surface area is 272 Å². The van der Waals surface area contributed by atoms with Gasteiger partial charge < -0.3 is 4.42 Å². The zero-order chi connectivity index (χ0) is 31.2. The van der Waals surface area contributed by atoms with Crippen LogP contribution in [0.1, 0.15) is 22.8 Å². The van der Waals surface area contributed by atoms with Gasteiger partial charge in [-0.05, 0) is 39.6 Å². The lowest BCUT2D eigenvalue weighted by molar-refractivity contribution is 0.532. The van der Waals surface area contributed by atoms with Crippen molar-refractivity contribution in [3.05, 3.63) is 169 Å². The summed E-state index contributed by atoms with van der Waals surface area (Å²) in [4.78, 5) is 15.3. The summed E-state index contributed by atoms with van der Waals surface area (Å²) in [7, 11) is 0. The van der Waals surface area contributed by atoms with Crippen LogP contribution in [-0.4, -0.2) is 15.0 Å². The molecule has 0 N–H and O–H groups in total. The number of nitrogens with zero attached hydrogens (tertiary/aromatic N) is 3. The van der Waals surface area contributed by atoms with E-state index < -0.39 is 0 Å². The molecule has 1 aliphatic rings. The molecule has 6 aromatic carbocycles. The molecule has 4 nitrogen and oxygen atoms in total. The van der Waals surface area contributed by atoms with Crippen LogP contribution in [0.5, 0.6) is 0 Å². The topological polar surface area (TPSA) is 51.8 Å². The maximum atomic E-state index is 6.52. The smallest absolute Gasteiger partial charge is 0.164 e. The molecule has 4 heteroatoms. The molecule has 0 saturated heterocycles. The first-order valence-electron chi connectivity index (χ1n) is 16.0. The Balaban J connectivity index is 1.19. The number of benzene rings is 6. The number of rotatable bonds is 5. The molecular weight excluding hydrogens is 574 g/mol. The molecule has 2 heterocycles. The highest BCUT2D eigenvalue weighted by Gasteiger charge is 2.24. The van der Waals surface area contributed by atoms with Crippen molar-refractivity contribution in [2.24, 2.45) is 0 Å². The molecule has 1 aliphatic carbocycles. The highest BCUT2D eigenvalue weighted by molar-refractivity contribution is 6.00. The highest BCUT2D eigenvalue weighted by atomic mass is 16.3. The van der Waals surface area contributed by atoms with Crippen LogP contribution < -0.4 is 0 Å². The summed E-state index contributed by atoms with van der Waals surface area (Å²) >= 11 is 0. The van der Waals surface area contributed by atoms with Gasteiger partial charge in [0.1, 0.15) is 11.3 Å². The van der Waals surface area contributed by atoms with Crippen LogP contribution in [0.15, 0.2) is 156 Å². The van der Waals surface area contributed by atoms with Gasteiger partial charge in [0, 0.05) is 40.0 Å². The summed E-state index contributed by atoms with van der Waals surface area (Å²) in [6.07, 6.45) is 5.31. The van der Waals surface area contributed by atoms with Gasteiger partial charge in [-0.3, -0.25) is 0 Å². The molecule has 9 rings (SSSR count). The SMILES string of the molecule is C1=CC(c2ccccc2)Cc2oc3cccc(-c4nc(-c5ccc(-c6ccccc6)cc5)nc(-c5ccc6ccccc6c5)n4)c3c21. The molecule has 0 bridgehead atoms. The van der Waals surface area contributed by atoms with Crippen molar-refractivity contribution >= 4 is 27.8 Å². The number of hydrogen-bond acceptors (Lipinski definition) is 4. The third-order valence-corrected chi connectivity index (χ3v) is 9.09. The highest BCUT2D eigenvalue weighted by Crippen LogP contribution is 2.40. The second kappa shape index (κ2) is 11.3. The van der Waals surface area contributed by atoms with E-state index in [1.807, 2.05) is 18.2 Å². The first kappa shape index (κ1) is 27.2. The largest absolute Gasteiger partial charge is 0.460 e. The summed E-state index contributed by atoms with van der Waals surface area (Å²) in [5.41, 5.74) is 8.36. The van der Waals surface area contributed by atoms with Gasteiger partial charge in [0.25, 0.3) is 0 Å². The molecule has 0 amide bonds. The molecule has 1 atom stereocenters. The molecule has 222 valence electrons. The predicted molar refractivity (Wildman–Crippen MR) is 191 cm³/mol. The van der Waals surface area contributed by atoms with Crippen molar-refractivity contribution < 1.29 is 4.42 Å². The van der Waals surface area contributed by atoms with Crippen molar-refractivity contribution in [3.8, 4) is 45.3 Å². The van der Waals surface area contributed by atoms with Crippen LogP contribution >= 0.6 is 0 Å². The van der Waals surface area contributed by atoms with Gasteiger partial charge in [0.15, 0.2) is 17.5 Å². The van der Waals surface area contributed by atoms with Crippen LogP contribution in [0, 0.1) is 0 Å². The molecular formula is C43H29N3O. The minimum absolute atomic E-state index is 0.273. The molecule has 0 radical (unpaired) electrons.